The molecule has 0 N–H and O–H groups in total. The first-order valence-corrected chi connectivity index (χ1v) is 8.02. The minimum Gasteiger partial charge on any atom is -0.307 e. The zero-order chi connectivity index (χ0) is 13.8. The fraction of sp³-hybridized carbons (Fsp3) is 0.474. The van der Waals surface area contributed by atoms with Crippen molar-refractivity contribution in [3.05, 3.63) is 59.7 Å². The van der Waals surface area contributed by atoms with Gasteiger partial charge in [-0.2, -0.15) is 29.8 Å². The summed E-state index contributed by atoms with van der Waals surface area (Å²) >= 11 is 0. The van der Waals surface area contributed by atoms with Gasteiger partial charge >= 0.3 is 0 Å². The summed E-state index contributed by atoms with van der Waals surface area (Å²) in [5, 5.41) is 0. The molecule has 1 fully saturated rings. The van der Waals surface area contributed by atoms with Gasteiger partial charge in [0.05, 0.1) is 0 Å². The van der Waals surface area contributed by atoms with Gasteiger partial charge < -0.3 is 4.90 Å². The van der Waals surface area contributed by atoms with Crippen LogP contribution in [-0.2, 0) is 17.1 Å². The van der Waals surface area contributed by atoms with Crippen LogP contribution in [0.3, 0.4) is 0 Å². The van der Waals surface area contributed by atoms with E-state index in [4.69, 9.17) is 0 Å². The van der Waals surface area contributed by atoms with Crippen LogP contribution in [0, 0.1) is 0 Å². The third kappa shape index (κ3) is 4.09. The first-order valence-electron chi connectivity index (χ1n) is 8.02. The summed E-state index contributed by atoms with van der Waals surface area (Å²) in [5.74, 6) is 0.631. The SMILES string of the molecule is CC(CC([c-]1cccc1)N1CCCCC1)[c-]1cccc1.[Fe]. The Morgan fingerprint density at radius 3 is 1.95 bits per heavy atom. The third-order valence-corrected chi connectivity index (χ3v) is 4.74. The molecule has 0 radical (unpaired) electrons. The van der Waals surface area contributed by atoms with Gasteiger partial charge in [0.2, 0.25) is 0 Å². The maximum atomic E-state index is 2.71. The number of hydrogen-bond donors (Lipinski definition) is 0. The van der Waals surface area contributed by atoms with Gasteiger partial charge in [-0.05, 0) is 38.4 Å². The van der Waals surface area contributed by atoms with Crippen LogP contribution in [0.25, 0.3) is 0 Å². The van der Waals surface area contributed by atoms with Crippen molar-refractivity contribution in [2.45, 2.75) is 44.6 Å². The molecular weight excluding hydrogens is 298 g/mol. The van der Waals surface area contributed by atoms with Crippen LogP contribution in [0.5, 0.6) is 0 Å². The molecule has 1 aliphatic rings. The number of hydrogen-bond acceptors (Lipinski definition) is 1. The Bertz CT molecular complexity index is 480. The summed E-state index contributed by atoms with van der Waals surface area (Å²) in [4.78, 5) is 2.71. The molecule has 0 spiro atoms. The molecule has 0 saturated carbocycles. The van der Waals surface area contributed by atoms with Gasteiger partial charge in [-0.25, -0.2) is 24.3 Å². The molecule has 2 atom stereocenters. The van der Waals surface area contributed by atoms with E-state index in [1.165, 1.54) is 49.9 Å². The van der Waals surface area contributed by atoms with Gasteiger partial charge in [0.1, 0.15) is 0 Å². The summed E-state index contributed by atoms with van der Waals surface area (Å²) in [7, 11) is 0. The van der Waals surface area contributed by atoms with E-state index in [0.717, 1.165) is 0 Å². The molecule has 0 aliphatic carbocycles. The normalized spacial score (nSPS) is 18.9. The van der Waals surface area contributed by atoms with E-state index >= 15 is 0 Å². The van der Waals surface area contributed by atoms with E-state index in [1.807, 2.05) is 0 Å². The molecule has 116 valence electrons. The Balaban J connectivity index is 0.00000161. The molecule has 1 aliphatic heterocycles. The number of rotatable bonds is 5. The van der Waals surface area contributed by atoms with Crippen molar-refractivity contribution in [1.82, 2.24) is 4.90 Å². The average molecular weight is 323 g/mol. The molecule has 0 bridgehead atoms. The Labute approximate surface area is 139 Å². The standard InChI is InChI=1S/C19H25N.Fe/c1-16(17-9-3-4-10-17)15-19(18-11-5-6-12-18)20-13-7-2-8-14-20;/h3-6,9-12,16,19H,2,7-8,13-15H2,1H3;/q-2;. The maximum Gasteiger partial charge on any atom is 0 e. The van der Waals surface area contributed by atoms with Gasteiger partial charge in [-0.15, -0.1) is 5.56 Å². The first kappa shape index (κ1) is 16.5. The monoisotopic (exact) mass is 323 g/mol. The molecule has 0 aromatic heterocycles. The molecular formula is C19H25FeN-2. The van der Waals surface area contributed by atoms with Crippen LogP contribution < -0.4 is 0 Å². The summed E-state index contributed by atoms with van der Waals surface area (Å²) in [6.07, 6.45) is 5.36. The smallest absolute Gasteiger partial charge is 0 e. The Kier molecular flexibility index (Phi) is 6.29. The van der Waals surface area contributed by atoms with Crippen molar-refractivity contribution >= 4 is 0 Å². The molecule has 2 aromatic carbocycles. The van der Waals surface area contributed by atoms with Crippen molar-refractivity contribution in [1.29, 1.82) is 0 Å². The largest absolute Gasteiger partial charge is 0.307 e. The topological polar surface area (TPSA) is 3.24 Å². The van der Waals surface area contributed by atoms with E-state index in [9.17, 15) is 0 Å². The van der Waals surface area contributed by atoms with E-state index in [2.05, 4.69) is 60.4 Å². The minimum absolute atomic E-state index is 0. The summed E-state index contributed by atoms with van der Waals surface area (Å²) in [6, 6.07) is 18.4. The molecule has 2 unspecified atom stereocenters. The quantitative estimate of drug-likeness (QED) is 0.562. The van der Waals surface area contributed by atoms with Gasteiger partial charge in [-0.1, -0.05) is 19.3 Å². The second kappa shape index (κ2) is 7.98. The van der Waals surface area contributed by atoms with Crippen LogP contribution in [0.15, 0.2) is 48.5 Å². The number of likely N-dealkylation sites (tertiary alicyclic amines) is 1. The van der Waals surface area contributed by atoms with E-state index in [-0.39, 0.29) is 17.1 Å². The van der Waals surface area contributed by atoms with E-state index < -0.39 is 0 Å². The molecule has 0 amide bonds. The fourth-order valence-corrected chi connectivity index (χ4v) is 3.53. The summed E-state index contributed by atoms with van der Waals surface area (Å²) in [5.41, 5.74) is 2.99. The van der Waals surface area contributed by atoms with Crippen molar-refractivity contribution in [2.75, 3.05) is 13.1 Å². The van der Waals surface area contributed by atoms with E-state index in [0.29, 0.717) is 12.0 Å². The molecule has 3 rings (SSSR count). The number of piperidine rings is 1. The van der Waals surface area contributed by atoms with Crippen LogP contribution in [0.4, 0.5) is 0 Å². The van der Waals surface area contributed by atoms with Crippen molar-refractivity contribution in [3.8, 4) is 0 Å². The molecule has 2 heteroatoms. The van der Waals surface area contributed by atoms with Crippen LogP contribution in [0.2, 0.25) is 0 Å². The third-order valence-electron chi connectivity index (χ3n) is 4.74. The molecule has 1 nitrogen and oxygen atoms in total. The molecule has 1 saturated heterocycles. The second-order valence-corrected chi connectivity index (χ2v) is 6.19. The van der Waals surface area contributed by atoms with Crippen LogP contribution in [0.1, 0.15) is 55.7 Å². The summed E-state index contributed by atoms with van der Waals surface area (Å²) in [6.45, 7) is 4.91. The molecule has 2 aromatic rings. The average Bonchev–Trinajstić information content (AvgIpc) is 3.18. The van der Waals surface area contributed by atoms with Gasteiger partial charge in [0, 0.05) is 17.1 Å². The maximum absolute atomic E-state index is 2.71. The Morgan fingerprint density at radius 2 is 1.38 bits per heavy atom. The summed E-state index contributed by atoms with van der Waals surface area (Å²) < 4.78 is 0. The zero-order valence-electron chi connectivity index (χ0n) is 12.8. The fourth-order valence-electron chi connectivity index (χ4n) is 3.53. The minimum atomic E-state index is 0. The van der Waals surface area contributed by atoms with Gasteiger partial charge in [0.25, 0.3) is 0 Å². The van der Waals surface area contributed by atoms with E-state index in [1.54, 1.807) is 0 Å². The van der Waals surface area contributed by atoms with Crippen LogP contribution >= 0.6 is 0 Å². The molecule has 21 heavy (non-hydrogen) atoms. The number of nitrogens with zero attached hydrogens (tertiary/aromatic N) is 1. The van der Waals surface area contributed by atoms with Gasteiger partial charge in [0.15, 0.2) is 0 Å². The van der Waals surface area contributed by atoms with Crippen molar-refractivity contribution in [2.24, 2.45) is 0 Å². The van der Waals surface area contributed by atoms with Crippen molar-refractivity contribution in [3.63, 3.8) is 0 Å². The zero-order valence-corrected chi connectivity index (χ0v) is 13.9. The predicted molar refractivity (Wildman–Crippen MR) is 85.3 cm³/mol. The second-order valence-electron chi connectivity index (χ2n) is 6.19. The first-order chi connectivity index (χ1) is 9.84. The molecule has 1 heterocycles. The predicted octanol–water partition coefficient (Wildman–Crippen LogP) is 4.84. The Hall–Kier alpha value is -0.821. The van der Waals surface area contributed by atoms with Crippen molar-refractivity contribution < 1.29 is 17.1 Å². The Morgan fingerprint density at radius 1 is 0.857 bits per heavy atom. The van der Waals surface area contributed by atoms with Crippen LogP contribution in [-0.4, -0.2) is 18.0 Å². The van der Waals surface area contributed by atoms with Gasteiger partial charge in [-0.3, -0.25) is 0 Å².